The number of hydrogen-bond donors (Lipinski definition) is 3. The number of piperidine rings is 1. The highest BCUT2D eigenvalue weighted by atomic mass is 16.3. The molecule has 0 radical (unpaired) electrons. The number of phenolic OH excluding ortho intramolecular Hbond substituents is 2. The van der Waals surface area contributed by atoms with Crippen molar-refractivity contribution < 1.29 is 19.8 Å². The molecule has 1 heterocycles. The van der Waals surface area contributed by atoms with E-state index >= 15 is 0 Å². The SMILES string of the molecule is O=C(CCC1CCCCC1)NC1CCN(C(=O)c2cc(O)cc(O)c2)CC1. The van der Waals surface area contributed by atoms with Crippen LogP contribution in [0.2, 0.25) is 0 Å². The van der Waals surface area contributed by atoms with E-state index in [1.807, 2.05) is 0 Å². The van der Waals surface area contributed by atoms with Crippen molar-refractivity contribution in [2.45, 2.75) is 63.8 Å². The third kappa shape index (κ3) is 5.62. The van der Waals surface area contributed by atoms with Gasteiger partial charge in [-0.25, -0.2) is 0 Å². The average Bonchev–Trinajstić information content (AvgIpc) is 2.66. The Morgan fingerprint density at radius 2 is 1.59 bits per heavy atom. The van der Waals surface area contributed by atoms with Gasteiger partial charge in [-0.15, -0.1) is 0 Å². The van der Waals surface area contributed by atoms with Gasteiger partial charge in [-0.1, -0.05) is 32.1 Å². The lowest BCUT2D eigenvalue weighted by Crippen LogP contribution is -2.46. The molecule has 1 aliphatic carbocycles. The largest absolute Gasteiger partial charge is 0.508 e. The first-order valence-electron chi connectivity index (χ1n) is 10.1. The second kappa shape index (κ2) is 9.11. The molecule has 1 aromatic rings. The van der Waals surface area contributed by atoms with Crippen LogP contribution in [-0.4, -0.2) is 46.1 Å². The molecule has 0 atom stereocenters. The van der Waals surface area contributed by atoms with E-state index in [2.05, 4.69) is 5.32 Å². The maximum atomic E-state index is 12.5. The summed E-state index contributed by atoms with van der Waals surface area (Å²) in [4.78, 5) is 26.5. The summed E-state index contributed by atoms with van der Waals surface area (Å²) in [5.41, 5.74) is 0.280. The van der Waals surface area contributed by atoms with E-state index in [-0.39, 0.29) is 34.9 Å². The normalized spacial score (nSPS) is 19.0. The molecule has 6 heteroatoms. The molecule has 3 rings (SSSR count). The van der Waals surface area contributed by atoms with Crippen molar-refractivity contribution in [1.82, 2.24) is 10.2 Å². The predicted octanol–water partition coefficient (Wildman–Crippen LogP) is 3.18. The smallest absolute Gasteiger partial charge is 0.254 e. The first kappa shape index (κ1) is 19.5. The Labute approximate surface area is 160 Å². The minimum absolute atomic E-state index is 0.116. The molecular weight excluding hydrogens is 344 g/mol. The Morgan fingerprint density at radius 3 is 2.22 bits per heavy atom. The number of hydrogen-bond acceptors (Lipinski definition) is 4. The summed E-state index contributed by atoms with van der Waals surface area (Å²) in [6.07, 6.45) is 9.51. The van der Waals surface area contributed by atoms with E-state index in [0.29, 0.717) is 25.4 Å². The van der Waals surface area contributed by atoms with Crippen LogP contribution in [0.5, 0.6) is 11.5 Å². The number of likely N-dealkylation sites (tertiary alicyclic amines) is 1. The second-order valence-corrected chi connectivity index (χ2v) is 7.91. The number of rotatable bonds is 5. The van der Waals surface area contributed by atoms with Crippen LogP contribution >= 0.6 is 0 Å². The van der Waals surface area contributed by atoms with Crippen LogP contribution in [-0.2, 0) is 4.79 Å². The van der Waals surface area contributed by atoms with E-state index in [1.54, 1.807) is 4.90 Å². The predicted molar refractivity (Wildman–Crippen MR) is 103 cm³/mol. The molecule has 0 aromatic heterocycles. The Kier molecular flexibility index (Phi) is 6.58. The molecule has 6 nitrogen and oxygen atoms in total. The van der Waals surface area contributed by atoms with Crippen molar-refractivity contribution in [3.8, 4) is 11.5 Å². The van der Waals surface area contributed by atoms with E-state index in [4.69, 9.17) is 0 Å². The molecule has 2 aliphatic rings. The van der Waals surface area contributed by atoms with Gasteiger partial charge in [-0.2, -0.15) is 0 Å². The Bertz CT molecular complexity index is 642. The minimum atomic E-state index is -0.205. The zero-order valence-corrected chi connectivity index (χ0v) is 15.8. The van der Waals surface area contributed by atoms with Crippen LogP contribution in [0, 0.1) is 5.92 Å². The topological polar surface area (TPSA) is 89.9 Å². The maximum absolute atomic E-state index is 12.5. The van der Waals surface area contributed by atoms with Gasteiger partial charge in [0.25, 0.3) is 5.91 Å². The number of carbonyl (C=O) groups is 2. The third-order valence-electron chi connectivity index (χ3n) is 5.80. The van der Waals surface area contributed by atoms with Crippen LogP contribution in [0.1, 0.15) is 68.1 Å². The molecule has 148 valence electrons. The maximum Gasteiger partial charge on any atom is 0.254 e. The molecule has 2 fully saturated rings. The fraction of sp³-hybridized carbons (Fsp3) is 0.619. The average molecular weight is 374 g/mol. The van der Waals surface area contributed by atoms with Crippen LogP contribution < -0.4 is 5.32 Å². The van der Waals surface area contributed by atoms with E-state index in [9.17, 15) is 19.8 Å². The summed E-state index contributed by atoms with van der Waals surface area (Å²) in [5, 5.41) is 22.2. The molecular formula is C21H30N2O4. The van der Waals surface area contributed by atoms with Crippen molar-refractivity contribution in [2.24, 2.45) is 5.92 Å². The lowest BCUT2D eigenvalue weighted by molar-refractivity contribution is -0.122. The first-order valence-corrected chi connectivity index (χ1v) is 10.1. The highest BCUT2D eigenvalue weighted by molar-refractivity contribution is 5.95. The van der Waals surface area contributed by atoms with E-state index in [0.717, 1.165) is 19.3 Å². The number of phenols is 2. The lowest BCUT2D eigenvalue weighted by Gasteiger charge is -2.32. The molecule has 1 saturated carbocycles. The molecule has 1 aliphatic heterocycles. The van der Waals surface area contributed by atoms with Crippen LogP contribution in [0.3, 0.4) is 0 Å². The summed E-state index contributed by atoms with van der Waals surface area (Å²) in [6, 6.07) is 4.04. The van der Waals surface area contributed by atoms with Crippen molar-refractivity contribution in [3.63, 3.8) is 0 Å². The van der Waals surface area contributed by atoms with Crippen molar-refractivity contribution in [2.75, 3.05) is 13.1 Å². The number of benzene rings is 1. The molecule has 27 heavy (non-hydrogen) atoms. The zero-order chi connectivity index (χ0) is 19.2. The number of nitrogens with zero attached hydrogens (tertiary/aromatic N) is 1. The first-order chi connectivity index (χ1) is 13.0. The molecule has 0 bridgehead atoms. The van der Waals surface area contributed by atoms with Crippen LogP contribution in [0.4, 0.5) is 0 Å². The Morgan fingerprint density at radius 1 is 0.963 bits per heavy atom. The monoisotopic (exact) mass is 374 g/mol. The van der Waals surface area contributed by atoms with Gasteiger partial charge in [0.05, 0.1) is 0 Å². The second-order valence-electron chi connectivity index (χ2n) is 7.91. The molecule has 1 saturated heterocycles. The van der Waals surface area contributed by atoms with Gasteiger partial charge in [0.2, 0.25) is 5.91 Å². The molecule has 3 N–H and O–H groups in total. The van der Waals surface area contributed by atoms with Gasteiger partial charge in [0.15, 0.2) is 0 Å². The fourth-order valence-electron chi connectivity index (χ4n) is 4.24. The molecule has 0 unspecified atom stereocenters. The quantitative estimate of drug-likeness (QED) is 0.738. The third-order valence-corrected chi connectivity index (χ3v) is 5.80. The van der Waals surface area contributed by atoms with Crippen LogP contribution in [0.25, 0.3) is 0 Å². The summed E-state index contributed by atoms with van der Waals surface area (Å²) in [6.45, 7) is 1.12. The van der Waals surface area contributed by atoms with Crippen molar-refractivity contribution >= 4 is 11.8 Å². The van der Waals surface area contributed by atoms with Crippen molar-refractivity contribution in [3.05, 3.63) is 23.8 Å². The summed E-state index contributed by atoms with van der Waals surface area (Å²) in [5.74, 6) is 0.381. The zero-order valence-electron chi connectivity index (χ0n) is 15.8. The highest BCUT2D eigenvalue weighted by Crippen LogP contribution is 2.27. The highest BCUT2D eigenvalue weighted by Gasteiger charge is 2.25. The fourth-order valence-corrected chi connectivity index (χ4v) is 4.24. The van der Waals surface area contributed by atoms with Gasteiger partial charge in [-0.05, 0) is 37.3 Å². The summed E-state index contributed by atoms with van der Waals surface area (Å²) in [7, 11) is 0. The summed E-state index contributed by atoms with van der Waals surface area (Å²) < 4.78 is 0. The Hall–Kier alpha value is -2.24. The molecule has 2 amide bonds. The molecule has 0 spiro atoms. The van der Waals surface area contributed by atoms with Gasteiger partial charge in [0, 0.05) is 37.2 Å². The van der Waals surface area contributed by atoms with Crippen molar-refractivity contribution in [1.29, 1.82) is 0 Å². The van der Waals surface area contributed by atoms with Gasteiger partial charge in [-0.3, -0.25) is 9.59 Å². The lowest BCUT2D eigenvalue weighted by atomic mass is 9.86. The molecule has 1 aromatic carbocycles. The Balaban J connectivity index is 1.41. The number of nitrogens with one attached hydrogen (secondary N) is 1. The van der Waals surface area contributed by atoms with E-state index < -0.39 is 0 Å². The number of aromatic hydroxyl groups is 2. The minimum Gasteiger partial charge on any atom is -0.508 e. The summed E-state index contributed by atoms with van der Waals surface area (Å²) >= 11 is 0. The standard InChI is InChI=1S/C21H30N2O4/c24-18-12-16(13-19(25)14-18)21(27)23-10-8-17(9-11-23)22-20(26)7-6-15-4-2-1-3-5-15/h12-15,17,24-25H,1-11H2,(H,22,26). The number of amides is 2. The van der Waals surface area contributed by atoms with Crippen LogP contribution in [0.15, 0.2) is 18.2 Å². The number of carbonyl (C=O) groups excluding carboxylic acids is 2. The van der Waals surface area contributed by atoms with E-state index in [1.165, 1.54) is 50.3 Å². The van der Waals surface area contributed by atoms with Gasteiger partial charge >= 0.3 is 0 Å². The van der Waals surface area contributed by atoms with Gasteiger partial charge in [0.1, 0.15) is 11.5 Å². The van der Waals surface area contributed by atoms with Gasteiger partial charge < -0.3 is 20.4 Å².